The van der Waals surface area contributed by atoms with Gasteiger partial charge >= 0.3 is 0 Å². The van der Waals surface area contributed by atoms with Gasteiger partial charge in [-0.3, -0.25) is 0 Å². The lowest BCUT2D eigenvalue weighted by atomic mass is 9.81. The van der Waals surface area contributed by atoms with Crippen LogP contribution >= 0.6 is 0 Å². The lowest BCUT2D eigenvalue weighted by Crippen LogP contribution is -2.59. The first-order chi connectivity index (χ1) is 6.35. The molecule has 0 unspecified atom stereocenters. The van der Waals surface area contributed by atoms with Crippen LogP contribution in [0.15, 0.2) is 0 Å². The van der Waals surface area contributed by atoms with Gasteiger partial charge in [0.25, 0.3) is 0 Å². The van der Waals surface area contributed by atoms with Crippen LogP contribution in [0.1, 0.15) is 40.5 Å². The summed E-state index contributed by atoms with van der Waals surface area (Å²) >= 11 is 0. The highest BCUT2D eigenvalue weighted by molar-refractivity contribution is 4.97. The Balaban J connectivity index is 2.53. The number of ether oxygens (including phenoxy) is 2. The van der Waals surface area contributed by atoms with Gasteiger partial charge in [0.15, 0.2) is 0 Å². The van der Waals surface area contributed by atoms with Gasteiger partial charge in [0.1, 0.15) is 6.79 Å². The summed E-state index contributed by atoms with van der Waals surface area (Å²) in [6.45, 7) is 9.28. The van der Waals surface area contributed by atoms with Crippen LogP contribution in [0.4, 0.5) is 0 Å². The summed E-state index contributed by atoms with van der Waals surface area (Å²) < 4.78 is 10.6. The predicted octanol–water partition coefficient (Wildman–Crippen LogP) is 1.92. The molecule has 0 aromatic rings. The van der Waals surface area contributed by atoms with E-state index in [2.05, 4.69) is 33.0 Å². The van der Waals surface area contributed by atoms with Crippen LogP contribution in [0.25, 0.3) is 0 Å². The molecule has 1 N–H and O–H groups in total. The highest BCUT2D eigenvalue weighted by Crippen LogP contribution is 2.30. The maximum absolute atomic E-state index is 5.64. The zero-order valence-electron chi connectivity index (χ0n) is 10.0. The van der Waals surface area contributed by atoms with Crippen LogP contribution in [-0.4, -0.2) is 31.1 Å². The summed E-state index contributed by atoms with van der Waals surface area (Å²) in [5, 5.41) is 3.62. The Labute approximate surface area is 87.2 Å². The lowest BCUT2D eigenvalue weighted by Gasteiger charge is -2.46. The van der Waals surface area contributed by atoms with E-state index in [0.717, 1.165) is 12.8 Å². The summed E-state index contributed by atoms with van der Waals surface area (Å²) in [6.07, 6.45) is 2.39. The molecule has 0 radical (unpaired) electrons. The van der Waals surface area contributed by atoms with Crippen molar-refractivity contribution in [2.75, 3.05) is 13.9 Å². The minimum Gasteiger partial charge on any atom is -0.359 e. The number of methoxy groups -OCH3 is 1. The van der Waals surface area contributed by atoms with Gasteiger partial charge in [0, 0.05) is 18.2 Å². The van der Waals surface area contributed by atoms with Gasteiger partial charge < -0.3 is 14.8 Å². The van der Waals surface area contributed by atoms with E-state index in [1.165, 1.54) is 0 Å². The first-order valence-electron chi connectivity index (χ1n) is 5.24. The van der Waals surface area contributed by atoms with E-state index in [4.69, 9.17) is 9.47 Å². The molecule has 3 heteroatoms. The molecule has 1 fully saturated rings. The molecule has 84 valence electrons. The smallest absolute Gasteiger partial charge is 0.146 e. The van der Waals surface area contributed by atoms with E-state index in [1.807, 2.05) is 0 Å². The second-order valence-electron chi connectivity index (χ2n) is 5.50. The average molecular weight is 201 g/mol. The molecule has 0 aliphatic carbocycles. The zero-order valence-corrected chi connectivity index (χ0v) is 10.0. The van der Waals surface area contributed by atoms with Gasteiger partial charge in [-0.25, -0.2) is 0 Å². The van der Waals surface area contributed by atoms with Gasteiger partial charge in [-0.2, -0.15) is 0 Å². The molecule has 0 atom stereocenters. The van der Waals surface area contributed by atoms with Gasteiger partial charge in [0.2, 0.25) is 0 Å². The number of rotatable bonds is 3. The quantitative estimate of drug-likeness (QED) is 0.708. The van der Waals surface area contributed by atoms with Gasteiger partial charge in [-0.1, -0.05) is 0 Å². The number of piperidine rings is 1. The third kappa shape index (κ3) is 3.56. The Hall–Kier alpha value is -0.120. The predicted molar refractivity (Wildman–Crippen MR) is 57.3 cm³/mol. The van der Waals surface area contributed by atoms with Crippen LogP contribution in [0, 0.1) is 0 Å². The molecule has 0 bridgehead atoms. The van der Waals surface area contributed by atoms with Crippen molar-refractivity contribution in [1.82, 2.24) is 5.32 Å². The van der Waals surface area contributed by atoms with Crippen molar-refractivity contribution >= 4 is 0 Å². The molecule has 0 spiro atoms. The summed E-state index contributed by atoms with van der Waals surface area (Å²) in [5.74, 6) is 0. The molecule has 1 aliphatic heterocycles. The molecule has 1 heterocycles. The van der Waals surface area contributed by atoms with Crippen LogP contribution in [-0.2, 0) is 9.47 Å². The molecule has 1 saturated heterocycles. The normalized spacial score (nSPS) is 26.4. The number of nitrogens with one attached hydrogen (secondary N) is 1. The Kier molecular flexibility index (Phi) is 3.56. The summed E-state index contributed by atoms with van der Waals surface area (Å²) in [6, 6.07) is 0. The van der Waals surface area contributed by atoms with Crippen LogP contribution in [0.5, 0.6) is 0 Å². The molecule has 14 heavy (non-hydrogen) atoms. The lowest BCUT2D eigenvalue weighted by molar-refractivity contribution is -0.102. The van der Waals surface area contributed by atoms with Crippen molar-refractivity contribution in [3.8, 4) is 0 Å². The second kappa shape index (κ2) is 4.17. The third-order valence-electron chi connectivity index (χ3n) is 2.57. The fraction of sp³-hybridized carbons (Fsp3) is 1.00. The fourth-order valence-electron chi connectivity index (χ4n) is 2.51. The van der Waals surface area contributed by atoms with E-state index in [9.17, 15) is 0 Å². The van der Waals surface area contributed by atoms with E-state index < -0.39 is 0 Å². The largest absolute Gasteiger partial charge is 0.359 e. The molecular formula is C11H23NO2. The topological polar surface area (TPSA) is 30.5 Å². The van der Waals surface area contributed by atoms with Crippen molar-refractivity contribution in [3.63, 3.8) is 0 Å². The van der Waals surface area contributed by atoms with Crippen molar-refractivity contribution in [2.45, 2.75) is 57.7 Å². The highest BCUT2D eigenvalue weighted by Gasteiger charge is 2.37. The van der Waals surface area contributed by atoms with Crippen molar-refractivity contribution in [2.24, 2.45) is 0 Å². The fourth-order valence-corrected chi connectivity index (χ4v) is 2.51. The molecule has 0 amide bonds. The molecule has 0 aromatic carbocycles. The standard InChI is InChI=1S/C11H23NO2/c1-10(2)6-9(14-8-13-5)7-11(3,4)12-10/h9,12H,6-8H2,1-5H3. The molecule has 3 nitrogen and oxygen atoms in total. The number of hydrogen-bond acceptors (Lipinski definition) is 3. The summed E-state index contributed by atoms with van der Waals surface area (Å²) in [7, 11) is 1.66. The first kappa shape index (κ1) is 12.0. The summed E-state index contributed by atoms with van der Waals surface area (Å²) in [4.78, 5) is 0. The minimum absolute atomic E-state index is 0.153. The molecule has 0 aromatic heterocycles. The molecular weight excluding hydrogens is 178 g/mol. The van der Waals surface area contributed by atoms with Crippen LogP contribution in [0.2, 0.25) is 0 Å². The van der Waals surface area contributed by atoms with Crippen LogP contribution in [0.3, 0.4) is 0 Å². The first-order valence-corrected chi connectivity index (χ1v) is 5.24. The molecule has 1 aliphatic rings. The highest BCUT2D eigenvalue weighted by atomic mass is 16.7. The van der Waals surface area contributed by atoms with Gasteiger partial charge in [-0.05, 0) is 40.5 Å². The molecule has 1 rings (SSSR count). The van der Waals surface area contributed by atoms with E-state index in [0.29, 0.717) is 12.9 Å². The van der Waals surface area contributed by atoms with Crippen molar-refractivity contribution in [3.05, 3.63) is 0 Å². The maximum atomic E-state index is 5.64. The van der Waals surface area contributed by atoms with Crippen molar-refractivity contribution < 1.29 is 9.47 Å². The zero-order chi connectivity index (χ0) is 10.8. The maximum Gasteiger partial charge on any atom is 0.146 e. The average Bonchev–Trinajstić information content (AvgIpc) is 1.94. The van der Waals surface area contributed by atoms with E-state index in [-0.39, 0.29) is 11.1 Å². The minimum atomic E-state index is 0.153. The van der Waals surface area contributed by atoms with Gasteiger partial charge in [0.05, 0.1) is 6.10 Å². The van der Waals surface area contributed by atoms with Gasteiger partial charge in [-0.15, -0.1) is 0 Å². The SMILES string of the molecule is COCOC1CC(C)(C)NC(C)(C)C1. The van der Waals surface area contributed by atoms with Crippen LogP contribution < -0.4 is 5.32 Å². The van der Waals surface area contributed by atoms with E-state index >= 15 is 0 Å². The Morgan fingerprint density at radius 2 is 1.64 bits per heavy atom. The summed E-state index contributed by atoms with van der Waals surface area (Å²) in [5.41, 5.74) is 0.306. The Bertz CT molecular complexity index is 174. The Morgan fingerprint density at radius 3 is 2.07 bits per heavy atom. The number of hydrogen-bond donors (Lipinski definition) is 1. The second-order valence-corrected chi connectivity index (χ2v) is 5.50. The van der Waals surface area contributed by atoms with E-state index in [1.54, 1.807) is 7.11 Å². The van der Waals surface area contributed by atoms with Crippen molar-refractivity contribution in [1.29, 1.82) is 0 Å². The monoisotopic (exact) mass is 201 g/mol. The Morgan fingerprint density at radius 1 is 1.14 bits per heavy atom. The molecule has 0 saturated carbocycles. The third-order valence-corrected chi connectivity index (χ3v) is 2.57.